The van der Waals surface area contributed by atoms with Crippen LogP contribution in [0, 0.1) is 0 Å². The highest BCUT2D eigenvalue weighted by molar-refractivity contribution is 5.48. The van der Waals surface area contributed by atoms with Crippen molar-refractivity contribution in [3.63, 3.8) is 0 Å². The molecule has 2 heterocycles. The number of fused-ring (bicyclic) bond motifs is 1. The SMILES string of the molecule is Nc1ccc2ncc(COc3ccccc3)n2c1. The van der Waals surface area contributed by atoms with Crippen LogP contribution in [0.15, 0.2) is 54.9 Å². The van der Waals surface area contributed by atoms with Crippen molar-refractivity contribution < 1.29 is 4.74 Å². The van der Waals surface area contributed by atoms with E-state index in [1.54, 1.807) is 6.20 Å². The van der Waals surface area contributed by atoms with Crippen LogP contribution >= 0.6 is 0 Å². The van der Waals surface area contributed by atoms with Crippen LogP contribution < -0.4 is 10.5 Å². The first kappa shape index (κ1) is 10.7. The number of ether oxygens (including phenoxy) is 1. The molecule has 0 fully saturated rings. The largest absolute Gasteiger partial charge is 0.487 e. The van der Waals surface area contributed by atoms with E-state index >= 15 is 0 Å². The molecule has 0 saturated heterocycles. The molecule has 0 unspecified atom stereocenters. The molecule has 2 aromatic heterocycles. The summed E-state index contributed by atoms with van der Waals surface area (Å²) in [6.07, 6.45) is 3.66. The lowest BCUT2D eigenvalue weighted by molar-refractivity contribution is 0.300. The third-order valence-corrected chi connectivity index (χ3v) is 2.74. The number of nitrogens with zero attached hydrogens (tertiary/aromatic N) is 2. The number of nitrogens with two attached hydrogens (primary N) is 1. The molecule has 0 saturated carbocycles. The smallest absolute Gasteiger partial charge is 0.137 e. The van der Waals surface area contributed by atoms with Crippen LogP contribution in [0.3, 0.4) is 0 Å². The number of nitrogen functional groups attached to an aromatic ring is 1. The van der Waals surface area contributed by atoms with Gasteiger partial charge in [-0.15, -0.1) is 0 Å². The molecule has 3 aromatic rings. The quantitative estimate of drug-likeness (QED) is 0.764. The number of hydrogen-bond donors (Lipinski definition) is 1. The van der Waals surface area contributed by atoms with Crippen LogP contribution in [0.5, 0.6) is 5.75 Å². The molecule has 0 spiro atoms. The highest BCUT2D eigenvalue weighted by atomic mass is 16.5. The Morgan fingerprint density at radius 3 is 2.78 bits per heavy atom. The summed E-state index contributed by atoms with van der Waals surface area (Å²) in [7, 11) is 0. The Morgan fingerprint density at radius 2 is 1.94 bits per heavy atom. The van der Waals surface area contributed by atoms with Gasteiger partial charge in [0, 0.05) is 11.9 Å². The van der Waals surface area contributed by atoms with Gasteiger partial charge >= 0.3 is 0 Å². The number of imidazole rings is 1. The van der Waals surface area contributed by atoms with E-state index in [9.17, 15) is 0 Å². The van der Waals surface area contributed by atoms with E-state index in [-0.39, 0.29) is 0 Å². The number of hydrogen-bond acceptors (Lipinski definition) is 3. The van der Waals surface area contributed by atoms with Gasteiger partial charge in [0.1, 0.15) is 18.0 Å². The van der Waals surface area contributed by atoms with Crippen molar-refractivity contribution in [1.82, 2.24) is 9.38 Å². The average molecular weight is 239 g/mol. The Bertz CT molecular complexity index is 661. The molecule has 0 bridgehead atoms. The topological polar surface area (TPSA) is 52.5 Å². The molecule has 2 N–H and O–H groups in total. The molecule has 0 radical (unpaired) electrons. The Kier molecular flexibility index (Phi) is 2.61. The van der Waals surface area contributed by atoms with Gasteiger partial charge in [-0.25, -0.2) is 4.98 Å². The summed E-state index contributed by atoms with van der Waals surface area (Å²) in [5.41, 5.74) is 8.32. The third-order valence-electron chi connectivity index (χ3n) is 2.74. The van der Waals surface area contributed by atoms with E-state index < -0.39 is 0 Å². The van der Waals surface area contributed by atoms with Crippen LogP contribution in [0.2, 0.25) is 0 Å². The molecule has 4 heteroatoms. The maximum Gasteiger partial charge on any atom is 0.137 e. The highest BCUT2D eigenvalue weighted by Gasteiger charge is 2.04. The zero-order valence-corrected chi connectivity index (χ0v) is 9.78. The minimum absolute atomic E-state index is 0.467. The van der Waals surface area contributed by atoms with Gasteiger partial charge in [-0.3, -0.25) is 4.40 Å². The number of aromatic nitrogens is 2. The molecule has 0 aliphatic rings. The first-order valence-corrected chi connectivity index (χ1v) is 5.72. The average Bonchev–Trinajstić information content (AvgIpc) is 2.80. The van der Waals surface area contributed by atoms with E-state index in [1.807, 2.05) is 53.1 Å². The van der Waals surface area contributed by atoms with Gasteiger partial charge in [0.05, 0.1) is 11.9 Å². The summed E-state index contributed by atoms with van der Waals surface area (Å²) in [5, 5.41) is 0. The van der Waals surface area contributed by atoms with Crippen molar-refractivity contribution in [2.24, 2.45) is 0 Å². The maximum atomic E-state index is 5.77. The standard InChI is InChI=1S/C14H13N3O/c15-11-6-7-14-16-8-12(17(14)9-11)10-18-13-4-2-1-3-5-13/h1-9H,10,15H2. The molecule has 90 valence electrons. The van der Waals surface area contributed by atoms with Crippen molar-refractivity contribution in [3.8, 4) is 5.75 Å². The fraction of sp³-hybridized carbons (Fsp3) is 0.0714. The summed E-state index contributed by atoms with van der Waals surface area (Å²) in [5.74, 6) is 0.844. The van der Waals surface area contributed by atoms with E-state index in [4.69, 9.17) is 10.5 Å². The fourth-order valence-corrected chi connectivity index (χ4v) is 1.83. The van der Waals surface area contributed by atoms with Crippen molar-refractivity contribution in [2.75, 3.05) is 5.73 Å². The van der Waals surface area contributed by atoms with Gasteiger partial charge in [0.25, 0.3) is 0 Å². The van der Waals surface area contributed by atoms with E-state index in [0.717, 1.165) is 17.1 Å². The minimum Gasteiger partial charge on any atom is -0.487 e. The summed E-state index contributed by atoms with van der Waals surface area (Å²) in [6.45, 7) is 0.467. The second-order valence-electron chi connectivity index (χ2n) is 4.04. The molecular weight excluding hydrogens is 226 g/mol. The first-order valence-electron chi connectivity index (χ1n) is 5.72. The number of benzene rings is 1. The number of para-hydroxylation sites is 1. The molecule has 0 aliphatic carbocycles. The number of anilines is 1. The van der Waals surface area contributed by atoms with Crippen LogP contribution in [0.1, 0.15) is 5.69 Å². The summed E-state index contributed by atoms with van der Waals surface area (Å²) in [6, 6.07) is 13.4. The molecule has 0 aliphatic heterocycles. The summed E-state index contributed by atoms with van der Waals surface area (Å²) < 4.78 is 7.64. The molecular formula is C14H13N3O. The molecule has 0 amide bonds. The maximum absolute atomic E-state index is 5.77. The van der Waals surface area contributed by atoms with E-state index in [0.29, 0.717) is 12.3 Å². The third kappa shape index (κ3) is 2.00. The van der Waals surface area contributed by atoms with Crippen LogP contribution in [0.25, 0.3) is 5.65 Å². The number of rotatable bonds is 3. The lowest BCUT2D eigenvalue weighted by Gasteiger charge is -2.06. The van der Waals surface area contributed by atoms with E-state index in [2.05, 4.69) is 4.98 Å². The van der Waals surface area contributed by atoms with Crippen LogP contribution in [-0.4, -0.2) is 9.38 Å². The van der Waals surface area contributed by atoms with Gasteiger partial charge in [0.2, 0.25) is 0 Å². The summed E-state index contributed by atoms with van der Waals surface area (Å²) in [4.78, 5) is 4.30. The van der Waals surface area contributed by atoms with Crippen LogP contribution in [0.4, 0.5) is 5.69 Å². The zero-order chi connectivity index (χ0) is 12.4. The van der Waals surface area contributed by atoms with Gasteiger partial charge in [-0.05, 0) is 24.3 Å². The van der Waals surface area contributed by atoms with Crippen LogP contribution in [-0.2, 0) is 6.61 Å². The van der Waals surface area contributed by atoms with Crippen molar-refractivity contribution in [2.45, 2.75) is 6.61 Å². The highest BCUT2D eigenvalue weighted by Crippen LogP contribution is 2.14. The van der Waals surface area contributed by atoms with Crippen molar-refractivity contribution >= 4 is 11.3 Å². The predicted molar refractivity (Wildman–Crippen MR) is 70.4 cm³/mol. The lowest BCUT2D eigenvalue weighted by atomic mass is 10.3. The Hall–Kier alpha value is -2.49. The Labute approximate surface area is 105 Å². The van der Waals surface area contributed by atoms with Gasteiger partial charge in [-0.1, -0.05) is 18.2 Å². The minimum atomic E-state index is 0.467. The molecule has 1 aromatic carbocycles. The molecule has 4 nitrogen and oxygen atoms in total. The molecule has 0 atom stereocenters. The van der Waals surface area contributed by atoms with Gasteiger partial charge < -0.3 is 10.5 Å². The lowest BCUT2D eigenvalue weighted by Crippen LogP contribution is -2.00. The number of pyridine rings is 1. The second kappa shape index (κ2) is 4.41. The monoisotopic (exact) mass is 239 g/mol. The van der Waals surface area contributed by atoms with Crippen molar-refractivity contribution in [1.29, 1.82) is 0 Å². The van der Waals surface area contributed by atoms with Gasteiger partial charge in [-0.2, -0.15) is 0 Å². The predicted octanol–water partition coefficient (Wildman–Crippen LogP) is 2.50. The summed E-state index contributed by atoms with van der Waals surface area (Å²) >= 11 is 0. The fourth-order valence-electron chi connectivity index (χ4n) is 1.83. The van der Waals surface area contributed by atoms with E-state index in [1.165, 1.54) is 0 Å². The normalized spacial score (nSPS) is 10.7. The first-order chi connectivity index (χ1) is 8.83. The second-order valence-corrected chi connectivity index (χ2v) is 4.04. The van der Waals surface area contributed by atoms with Gasteiger partial charge in [0.15, 0.2) is 0 Å². The Balaban J connectivity index is 1.85. The molecule has 3 rings (SSSR count). The van der Waals surface area contributed by atoms with Crippen molar-refractivity contribution in [3.05, 3.63) is 60.6 Å². The Morgan fingerprint density at radius 1 is 1.11 bits per heavy atom. The molecule has 18 heavy (non-hydrogen) atoms. The zero-order valence-electron chi connectivity index (χ0n) is 9.78.